The van der Waals surface area contributed by atoms with Crippen molar-refractivity contribution in [3.8, 4) is 6.07 Å². The number of aromatic nitrogens is 1. The van der Waals surface area contributed by atoms with E-state index in [9.17, 15) is 4.79 Å². The maximum atomic E-state index is 12.0. The third-order valence-electron chi connectivity index (χ3n) is 2.44. The highest BCUT2D eigenvalue weighted by Gasteiger charge is 2.23. The Morgan fingerprint density at radius 2 is 2.06 bits per heavy atom. The van der Waals surface area contributed by atoms with Crippen molar-refractivity contribution in [3.63, 3.8) is 0 Å². The highest BCUT2D eigenvalue weighted by Crippen LogP contribution is 2.14. The number of amides is 1. The van der Waals surface area contributed by atoms with Crippen molar-refractivity contribution in [3.05, 3.63) is 29.6 Å². The highest BCUT2D eigenvalue weighted by atomic mass is 16.2. The fourth-order valence-electron chi connectivity index (χ4n) is 1.08. The third kappa shape index (κ3) is 2.57. The molecule has 0 spiro atoms. The second kappa shape index (κ2) is 4.31. The Morgan fingerprint density at radius 3 is 2.44 bits per heavy atom. The average molecular weight is 217 g/mol. The molecular formula is C12H15N3O. The first-order chi connectivity index (χ1) is 7.36. The minimum atomic E-state index is -0.231. The second-order valence-corrected chi connectivity index (χ2v) is 4.58. The van der Waals surface area contributed by atoms with Crippen LogP contribution in [0.1, 0.15) is 36.8 Å². The van der Waals surface area contributed by atoms with Crippen molar-refractivity contribution in [1.82, 2.24) is 9.88 Å². The van der Waals surface area contributed by atoms with E-state index in [1.807, 2.05) is 26.8 Å². The summed E-state index contributed by atoms with van der Waals surface area (Å²) in [7, 11) is 1.75. The monoisotopic (exact) mass is 217 g/mol. The minimum Gasteiger partial charge on any atom is -0.337 e. The molecule has 0 atom stereocenters. The molecule has 16 heavy (non-hydrogen) atoms. The largest absolute Gasteiger partial charge is 0.337 e. The summed E-state index contributed by atoms with van der Waals surface area (Å²) in [4.78, 5) is 17.5. The van der Waals surface area contributed by atoms with Crippen LogP contribution in [0, 0.1) is 11.3 Å². The van der Waals surface area contributed by atoms with Crippen molar-refractivity contribution in [2.75, 3.05) is 7.05 Å². The molecule has 0 bridgehead atoms. The lowest BCUT2D eigenvalue weighted by Gasteiger charge is -2.31. The lowest BCUT2D eigenvalue weighted by atomic mass is 10.1. The van der Waals surface area contributed by atoms with E-state index in [4.69, 9.17) is 5.26 Å². The van der Waals surface area contributed by atoms with Gasteiger partial charge in [-0.15, -0.1) is 0 Å². The van der Waals surface area contributed by atoms with Crippen LogP contribution in [0.4, 0.5) is 0 Å². The van der Waals surface area contributed by atoms with Gasteiger partial charge < -0.3 is 4.90 Å². The Morgan fingerprint density at radius 1 is 1.44 bits per heavy atom. The van der Waals surface area contributed by atoms with Gasteiger partial charge in [-0.3, -0.25) is 4.79 Å². The summed E-state index contributed by atoms with van der Waals surface area (Å²) in [6, 6.07) is 5.08. The van der Waals surface area contributed by atoms with Gasteiger partial charge in [0.05, 0.1) is 5.56 Å². The zero-order chi connectivity index (χ0) is 12.3. The molecule has 84 valence electrons. The van der Waals surface area contributed by atoms with Crippen molar-refractivity contribution in [1.29, 1.82) is 5.26 Å². The Labute approximate surface area is 95.5 Å². The molecular weight excluding hydrogens is 202 g/mol. The number of carbonyl (C=O) groups is 1. The van der Waals surface area contributed by atoms with Crippen LogP contribution in [-0.4, -0.2) is 28.4 Å². The summed E-state index contributed by atoms with van der Waals surface area (Å²) in [6.45, 7) is 5.88. The molecule has 4 nitrogen and oxygen atoms in total. The Balaban J connectivity index is 2.94. The number of rotatable bonds is 1. The number of nitriles is 1. The molecule has 1 aromatic heterocycles. The van der Waals surface area contributed by atoms with Gasteiger partial charge in [-0.25, -0.2) is 4.98 Å². The molecule has 1 heterocycles. The molecule has 0 saturated carbocycles. The van der Waals surface area contributed by atoms with Gasteiger partial charge in [-0.1, -0.05) is 0 Å². The van der Waals surface area contributed by atoms with Crippen molar-refractivity contribution in [2.24, 2.45) is 0 Å². The van der Waals surface area contributed by atoms with Gasteiger partial charge in [0.1, 0.15) is 11.8 Å². The molecule has 0 radical (unpaired) electrons. The Hall–Kier alpha value is -1.89. The van der Waals surface area contributed by atoms with Crippen LogP contribution in [0.2, 0.25) is 0 Å². The summed E-state index contributed by atoms with van der Waals surface area (Å²) >= 11 is 0. The quantitative estimate of drug-likeness (QED) is 0.721. The predicted molar refractivity (Wildman–Crippen MR) is 60.8 cm³/mol. The molecule has 0 fully saturated rings. The van der Waals surface area contributed by atoms with Gasteiger partial charge >= 0.3 is 0 Å². The molecule has 0 unspecified atom stereocenters. The summed E-state index contributed by atoms with van der Waals surface area (Å²) in [6.07, 6.45) is 1.43. The first-order valence-electron chi connectivity index (χ1n) is 5.00. The Kier molecular flexibility index (Phi) is 3.28. The number of hydrogen-bond acceptors (Lipinski definition) is 3. The van der Waals surface area contributed by atoms with Crippen molar-refractivity contribution < 1.29 is 4.79 Å². The molecule has 0 saturated heterocycles. The van der Waals surface area contributed by atoms with Crippen LogP contribution in [0.15, 0.2) is 18.3 Å². The zero-order valence-electron chi connectivity index (χ0n) is 9.98. The second-order valence-electron chi connectivity index (χ2n) is 4.58. The number of pyridine rings is 1. The third-order valence-corrected chi connectivity index (χ3v) is 2.44. The molecule has 4 heteroatoms. The molecule has 1 amide bonds. The van der Waals surface area contributed by atoms with Crippen LogP contribution < -0.4 is 0 Å². The topological polar surface area (TPSA) is 57.0 Å². The molecule has 1 aromatic rings. The molecule has 0 aromatic carbocycles. The van der Waals surface area contributed by atoms with Crippen LogP contribution >= 0.6 is 0 Å². The van der Waals surface area contributed by atoms with Gasteiger partial charge in [0, 0.05) is 18.8 Å². The maximum Gasteiger partial charge on any atom is 0.255 e. The van der Waals surface area contributed by atoms with E-state index in [0.29, 0.717) is 11.3 Å². The first kappa shape index (κ1) is 12.2. The van der Waals surface area contributed by atoms with Gasteiger partial charge in [-0.2, -0.15) is 5.26 Å². The lowest BCUT2D eigenvalue weighted by molar-refractivity contribution is 0.0655. The molecule has 0 aliphatic rings. The van der Waals surface area contributed by atoms with E-state index in [0.717, 1.165) is 0 Å². The van der Waals surface area contributed by atoms with E-state index >= 15 is 0 Å². The fraction of sp³-hybridized carbons (Fsp3) is 0.417. The van der Waals surface area contributed by atoms with Gasteiger partial charge in [-0.05, 0) is 32.9 Å². The molecule has 0 aliphatic carbocycles. The normalized spacial score (nSPS) is 10.7. The maximum absolute atomic E-state index is 12.0. The SMILES string of the molecule is CN(C(=O)c1ccc(C#N)nc1)C(C)(C)C. The van der Waals surface area contributed by atoms with Crippen molar-refractivity contribution in [2.45, 2.75) is 26.3 Å². The van der Waals surface area contributed by atoms with E-state index < -0.39 is 0 Å². The molecule has 0 aliphatic heterocycles. The van der Waals surface area contributed by atoms with E-state index in [1.165, 1.54) is 6.20 Å². The lowest BCUT2D eigenvalue weighted by Crippen LogP contribution is -2.42. The minimum absolute atomic E-state index is 0.0931. The van der Waals surface area contributed by atoms with Crippen LogP contribution in [0.3, 0.4) is 0 Å². The highest BCUT2D eigenvalue weighted by molar-refractivity contribution is 5.94. The number of nitrogens with zero attached hydrogens (tertiary/aromatic N) is 3. The van der Waals surface area contributed by atoms with E-state index in [1.54, 1.807) is 24.1 Å². The number of hydrogen-bond donors (Lipinski definition) is 0. The van der Waals surface area contributed by atoms with Crippen LogP contribution in [0.5, 0.6) is 0 Å². The fourth-order valence-corrected chi connectivity index (χ4v) is 1.08. The van der Waals surface area contributed by atoms with Crippen LogP contribution in [-0.2, 0) is 0 Å². The molecule has 1 rings (SSSR count). The summed E-state index contributed by atoms with van der Waals surface area (Å²) < 4.78 is 0. The summed E-state index contributed by atoms with van der Waals surface area (Å²) in [5, 5.41) is 8.60. The number of carbonyl (C=O) groups excluding carboxylic acids is 1. The van der Waals surface area contributed by atoms with E-state index in [-0.39, 0.29) is 11.4 Å². The Bertz CT molecular complexity index is 423. The van der Waals surface area contributed by atoms with Gasteiger partial charge in [0.2, 0.25) is 0 Å². The summed E-state index contributed by atoms with van der Waals surface area (Å²) in [5.41, 5.74) is 0.580. The smallest absolute Gasteiger partial charge is 0.255 e. The zero-order valence-corrected chi connectivity index (χ0v) is 9.98. The van der Waals surface area contributed by atoms with Crippen LogP contribution in [0.25, 0.3) is 0 Å². The van der Waals surface area contributed by atoms with Gasteiger partial charge in [0.15, 0.2) is 0 Å². The van der Waals surface area contributed by atoms with Gasteiger partial charge in [0.25, 0.3) is 5.91 Å². The van der Waals surface area contributed by atoms with E-state index in [2.05, 4.69) is 4.98 Å². The predicted octanol–water partition coefficient (Wildman–Crippen LogP) is 1.82. The average Bonchev–Trinajstić information content (AvgIpc) is 2.26. The molecule has 0 N–H and O–H groups in total. The van der Waals surface area contributed by atoms with Crippen molar-refractivity contribution >= 4 is 5.91 Å². The standard InChI is InChI=1S/C12H15N3O/c1-12(2,3)15(4)11(16)9-5-6-10(7-13)14-8-9/h5-6,8H,1-4H3. The summed E-state index contributed by atoms with van der Waals surface area (Å²) in [5.74, 6) is -0.0931. The first-order valence-corrected chi connectivity index (χ1v) is 5.00.